The number of halogens is 1. The van der Waals surface area contributed by atoms with Crippen LogP contribution in [-0.4, -0.2) is 25.9 Å². The fraction of sp³-hybridized carbons (Fsp3) is 0.222. The van der Waals surface area contributed by atoms with E-state index in [1.54, 1.807) is 11.8 Å². The van der Waals surface area contributed by atoms with Gasteiger partial charge in [-0.3, -0.25) is 10.1 Å². The predicted octanol–water partition coefficient (Wildman–Crippen LogP) is 3.76. The summed E-state index contributed by atoms with van der Waals surface area (Å²) in [5.41, 5.74) is -0.127. The second kappa shape index (κ2) is 6.51. The van der Waals surface area contributed by atoms with Gasteiger partial charge in [-0.05, 0) is 17.5 Å². The molecule has 0 bridgehead atoms. The standard InChI is InChI=1S/C9H7ClN4O2S3/c1-2-17-8-12-13-9(19-8)18-7-6(14(15)16)3-5(10)4-11-7/h3-4H,2H2,1H3. The number of rotatable bonds is 5. The van der Waals surface area contributed by atoms with Crippen LogP contribution in [0.4, 0.5) is 5.69 Å². The van der Waals surface area contributed by atoms with Crippen molar-refractivity contribution in [1.82, 2.24) is 15.2 Å². The Labute approximate surface area is 126 Å². The van der Waals surface area contributed by atoms with Gasteiger partial charge in [-0.15, -0.1) is 10.2 Å². The largest absolute Gasteiger partial charge is 0.303 e. The van der Waals surface area contributed by atoms with E-state index in [9.17, 15) is 10.1 Å². The molecule has 0 saturated carbocycles. The van der Waals surface area contributed by atoms with Crippen LogP contribution in [0.1, 0.15) is 6.92 Å². The van der Waals surface area contributed by atoms with E-state index in [1.165, 1.54) is 23.6 Å². The van der Waals surface area contributed by atoms with E-state index in [2.05, 4.69) is 15.2 Å². The molecule has 10 heteroatoms. The predicted molar refractivity (Wildman–Crippen MR) is 76.3 cm³/mol. The summed E-state index contributed by atoms with van der Waals surface area (Å²) in [7, 11) is 0. The van der Waals surface area contributed by atoms with Gasteiger partial charge in [0.25, 0.3) is 0 Å². The van der Waals surface area contributed by atoms with E-state index >= 15 is 0 Å². The molecule has 6 nitrogen and oxygen atoms in total. The minimum Gasteiger partial charge on any atom is -0.258 e. The fourth-order valence-electron chi connectivity index (χ4n) is 1.13. The summed E-state index contributed by atoms with van der Waals surface area (Å²) in [5, 5.41) is 19.4. The van der Waals surface area contributed by atoms with Gasteiger partial charge in [-0.1, -0.05) is 41.6 Å². The van der Waals surface area contributed by atoms with Gasteiger partial charge in [0.1, 0.15) is 0 Å². The zero-order chi connectivity index (χ0) is 13.8. The van der Waals surface area contributed by atoms with Crippen molar-refractivity contribution in [3.63, 3.8) is 0 Å². The van der Waals surface area contributed by atoms with Crippen LogP contribution in [0.25, 0.3) is 0 Å². The molecule has 2 aromatic heterocycles. The highest BCUT2D eigenvalue weighted by molar-refractivity contribution is 8.03. The molecule has 19 heavy (non-hydrogen) atoms. The number of aromatic nitrogens is 3. The molecule has 0 spiro atoms. The Balaban J connectivity index is 2.24. The summed E-state index contributed by atoms with van der Waals surface area (Å²) in [6.45, 7) is 2.02. The Kier molecular flexibility index (Phi) is 4.97. The Morgan fingerprint density at radius 1 is 1.47 bits per heavy atom. The normalized spacial score (nSPS) is 10.6. The molecule has 2 aromatic rings. The van der Waals surface area contributed by atoms with Crippen LogP contribution in [-0.2, 0) is 0 Å². The first-order chi connectivity index (χ1) is 9.10. The molecule has 0 aromatic carbocycles. The molecule has 0 amide bonds. The molecule has 2 rings (SSSR count). The zero-order valence-electron chi connectivity index (χ0n) is 9.57. The molecule has 0 N–H and O–H groups in total. The maximum atomic E-state index is 10.9. The summed E-state index contributed by atoms with van der Waals surface area (Å²) < 4.78 is 1.45. The van der Waals surface area contributed by atoms with Crippen molar-refractivity contribution in [2.24, 2.45) is 0 Å². The van der Waals surface area contributed by atoms with E-state index < -0.39 is 4.92 Å². The van der Waals surface area contributed by atoms with Crippen molar-refractivity contribution in [1.29, 1.82) is 0 Å². The third-order valence-corrected chi connectivity index (χ3v) is 5.04. The molecule has 0 saturated heterocycles. The maximum Gasteiger partial charge on any atom is 0.303 e. The lowest BCUT2D eigenvalue weighted by molar-refractivity contribution is -0.388. The first-order valence-corrected chi connectivity index (χ1v) is 8.04. The van der Waals surface area contributed by atoms with Gasteiger partial charge in [0.15, 0.2) is 13.7 Å². The monoisotopic (exact) mass is 334 g/mol. The quantitative estimate of drug-likeness (QED) is 0.467. The van der Waals surface area contributed by atoms with Crippen molar-refractivity contribution in [2.45, 2.75) is 20.6 Å². The molecule has 0 unspecified atom stereocenters. The second-order valence-electron chi connectivity index (χ2n) is 3.10. The molecule has 0 fully saturated rings. The fourth-order valence-corrected chi connectivity index (χ4v) is 4.15. The van der Waals surface area contributed by atoms with Crippen LogP contribution < -0.4 is 0 Å². The summed E-state index contributed by atoms with van der Waals surface area (Å²) >= 11 is 9.78. The van der Waals surface area contributed by atoms with Gasteiger partial charge >= 0.3 is 5.69 Å². The van der Waals surface area contributed by atoms with Crippen molar-refractivity contribution in [2.75, 3.05) is 5.75 Å². The smallest absolute Gasteiger partial charge is 0.258 e. The van der Waals surface area contributed by atoms with Crippen molar-refractivity contribution < 1.29 is 4.92 Å². The third kappa shape index (κ3) is 3.78. The summed E-state index contributed by atoms with van der Waals surface area (Å²) in [5.74, 6) is 0.901. The Hall–Kier alpha value is -0.900. The summed E-state index contributed by atoms with van der Waals surface area (Å²) in [6.07, 6.45) is 1.37. The number of nitro groups is 1. The van der Waals surface area contributed by atoms with Crippen LogP contribution in [0, 0.1) is 10.1 Å². The molecular weight excluding hydrogens is 328 g/mol. The second-order valence-corrected chi connectivity index (χ2v) is 7.26. The van der Waals surface area contributed by atoms with Crippen LogP contribution in [0.15, 0.2) is 26.0 Å². The minimum atomic E-state index is -0.510. The van der Waals surface area contributed by atoms with E-state index in [-0.39, 0.29) is 15.7 Å². The minimum absolute atomic E-state index is 0.127. The first-order valence-electron chi connectivity index (χ1n) is 5.04. The van der Waals surface area contributed by atoms with Crippen molar-refractivity contribution >= 4 is 52.1 Å². The first kappa shape index (κ1) is 14.5. The van der Waals surface area contributed by atoms with E-state index in [0.29, 0.717) is 4.34 Å². The number of hydrogen-bond acceptors (Lipinski definition) is 8. The Morgan fingerprint density at radius 2 is 2.21 bits per heavy atom. The number of hydrogen-bond donors (Lipinski definition) is 0. The van der Waals surface area contributed by atoms with Crippen LogP contribution in [0.2, 0.25) is 5.02 Å². The highest BCUT2D eigenvalue weighted by Crippen LogP contribution is 2.37. The lowest BCUT2D eigenvalue weighted by atomic mass is 10.4. The Morgan fingerprint density at radius 3 is 2.89 bits per heavy atom. The van der Waals surface area contributed by atoms with Gasteiger partial charge in [0.2, 0.25) is 0 Å². The zero-order valence-corrected chi connectivity index (χ0v) is 12.8. The molecule has 0 aliphatic rings. The van der Waals surface area contributed by atoms with Gasteiger partial charge in [-0.25, -0.2) is 4.98 Å². The van der Waals surface area contributed by atoms with E-state index in [0.717, 1.165) is 21.9 Å². The SMILES string of the molecule is CCSc1nnc(Sc2ncc(Cl)cc2[N+](=O)[O-])s1. The molecule has 0 radical (unpaired) electrons. The van der Waals surface area contributed by atoms with Crippen molar-refractivity contribution in [3.05, 3.63) is 27.4 Å². The third-order valence-electron chi connectivity index (χ3n) is 1.84. The van der Waals surface area contributed by atoms with Crippen LogP contribution in [0.5, 0.6) is 0 Å². The van der Waals surface area contributed by atoms with E-state index in [4.69, 9.17) is 11.6 Å². The number of thioether (sulfide) groups is 1. The average Bonchev–Trinajstić information content (AvgIpc) is 2.79. The molecule has 0 aliphatic carbocycles. The number of pyridine rings is 1. The summed E-state index contributed by atoms with van der Waals surface area (Å²) in [4.78, 5) is 14.4. The Bertz CT molecular complexity index is 607. The van der Waals surface area contributed by atoms with Crippen LogP contribution in [0.3, 0.4) is 0 Å². The van der Waals surface area contributed by atoms with Gasteiger partial charge in [0.05, 0.1) is 9.95 Å². The maximum absolute atomic E-state index is 10.9. The van der Waals surface area contributed by atoms with Crippen molar-refractivity contribution in [3.8, 4) is 0 Å². The van der Waals surface area contributed by atoms with Gasteiger partial charge < -0.3 is 0 Å². The molecular formula is C9H7ClN4O2S3. The van der Waals surface area contributed by atoms with Crippen LogP contribution >= 0.6 is 46.5 Å². The lowest BCUT2D eigenvalue weighted by Gasteiger charge is -1.98. The van der Waals surface area contributed by atoms with Gasteiger partial charge in [0, 0.05) is 12.3 Å². The summed E-state index contributed by atoms with van der Waals surface area (Å²) in [6, 6.07) is 1.28. The highest BCUT2D eigenvalue weighted by Gasteiger charge is 2.19. The molecule has 100 valence electrons. The average molecular weight is 335 g/mol. The number of nitrogens with zero attached hydrogens (tertiary/aromatic N) is 4. The van der Waals surface area contributed by atoms with Gasteiger partial charge in [-0.2, -0.15) is 0 Å². The molecule has 0 aliphatic heterocycles. The topological polar surface area (TPSA) is 81.8 Å². The lowest BCUT2D eigenvalue weighted by Crippen LogP contribution is -1.93. The van der Waals surface area contributed by atoms with E-state index in [1.807, 2.05) is 6.92 Å². The highest BCUT2D eigenvalue weighted by atomic mass is 35.5. The molecule has 2 heterocycles. The molecule has 0 atom stereocenters.